The number of aromatic nitrogens is 4. The Labute approximate surface area is 157 Å². The normalized spacial score (nSPS) is 10.7. The number of aryl methyl sites for hydroxylation is 4. The van der Waals surface area contributed by atoms with Crippen LogP contribution in [0, 0.1) is 20.8 Å². The summed E-state index contributed by atoms with van der Waals surface area (Å²) in [7, 11) is 3.45. The lowest BCUT2D eigenvalue weighted by Gasteiger charge is -2.09. The van der Waals surface area contributed by atoms with Gasteiger partial charge < -0.3 is 10.6 Å². The summed E-state index contributed by atoms with van der Waals surface area (Å²) >= 11 is 0. The smallest absolute Gasteiger partial charge is 0.276 e. The molecule has 2 heterocycles. The van der Waals surface area contributed by atoms with Crippen molar-refractivity contribution in [3.8, 4) is 0 Å². The molecule has 0 radical (unpaired) electrons. The zero-order valence-electron chi connectivity index (χ0n) is 16.0. The Hall–Kier alpha value is -3.42. The molecule has 0 saturated heterocycles. The van der Waals surface area contributed by atoms with E-state index in [-0.39, 0.29) is 17.5 Å². The highest BCUT2D eigenvalue weighted by Gasteiger charge is 2.20. The van der Waals surface area contributed by atoms with Crippen LogP contribution >= 0.6 is 0 Å². The second-order valence-corrected chi connectivity index (χ2v) is 6.51. The van der Waals surface area contributed by atoms with Crippen LogP contribution in [0.15, 0.2) is 30.6 Å². The highest BCUT2D eigenvalue weighted by Crippen LogP contribution is 2.20. The number of hydrogen-bond donors (Lipinski definition) is 2. The number of rotatable bonds is 4. The number of nitrogens with one attached hydrogen (secondary N) is 2. The third-order valence-electron chi connectivity index (χ3n) is 4.65. The Balaban J connectivity index is 1.83. The second-order valence-electron chi connectivity index (χ2n) is 6.51. The van der Waals surface area contributed by atoms with E-state index in [9.17, 15) is 9.59 Å². The molecular weight excluding hydrogens is 344 g/mol. The minimum Gasteiger partial charge on any atom is -0.319 e. The first-order valence-electron chi connectivity index (χ1n) is 8.48. The maximum atomic E-state index is 12.7. The van der Waals surface area contributed by atoms with Gasteiger partial charge in [-0.15, -0.1) is 0 Å². The van der Waals surface area contributed by atoms with E-state index in [2.05, 4.69) is 20.8 Å². The predicted molar refractivity (Wildman–Crippen MR) is 103 cm³/mol. The van der Waals surface area contributed by atoms with Crippen LogP contribution in [0.3, 0.4) is 0 Å². The van der Waals surface area contributed by atoms with Crippen molar-refractivity contribution in [3.63, 3.8) is 0 Å². The van der Waals surface area contributed by atoms with Gasteiger partial charge in [0.15, 0.2) is 0 Å². The molecule has 0 spiro atoms. The molecule has 1 aromatic carbocycles. The minimum atomic E-state index is -0.374. The molecule has 0 aliphatic rings. The maximum Gasteiger partial charge on any atom is 0.276 e. The molecule has 0 fully saturated rings. The third kappa shape index (κ3) is 3.59. The molecule has 2 aromatic heterocycles. The van der Waals surface area contributed by atoms with E-state index in [1.54, 1.807) is 31.0 Å². The minimum absolute atomic E-state index is 0.260. The summed E-state index contributed by atoms with van der Waals surface area (Å²) in [5.74, 6) is -0.667. The average Bonchev–Trinajstić information content (AvgIpc) is 3.14. The summed E-state index contributed by atoms with van der Waals surface area (Å²) in [6.07, 6.45) is 3.04. The van der Waals surface area contributed by atoms with E-state index in [1.807, 2.05) is 32.9 Å². The van der Waals surface area contributed by atoms with Crippen molar-refractivity contribution < 1.29 is 9.59 Å². The summed E-state index contributed by atoms with van der Waals surface area (Å²) in [4.78, 5) is 25.3. The van der Waals surface area contributed by atoms with E-state index >= 15 is 0 Å². The molecule has 0 saturated carbocycles. The van der Waals surface area contributed by atoms with Gasteiger partial charge in [-0.25, -0.2) is 0 Å². The van der Waals surface area contributed by atoms with Crippen molar-refractivity contribution in [1.82, 2.24) is 19.6 Å². The van der Waals surface area contributed by atoms with Gasteiger partial charge >= 0.3 is 0 Å². The molecule has 0 bridgehead atoms. The number of benzene rings is 1. The Morgan fingerprint density at radius 3 is 2.11 bits per heavy atom. The fraction of sp³-hybridized carbons (Fsp3) is 0.263. The fourth-order valence-electron chi connectivity index (χ4n) is 2.68. The number of anilines is 2. The largest absolute Gasteiger partial charge is 0.319 e. The molecule has 0 aliphatic carbocycles. The third-order valence-corrected chi connectivity index (χ3v) is 4.65. The lowest BCUT2D eigenvalue weighted by molar-refractivity contribution is 0.101. The lowest BCUT2D eigenvalue weighted by atomic mass is 10.1. The summed E-state index contributed by atoms with van der Waals surface area (Å²) in [5.41, 5.74) is 4.70. The molecule has 2 N–H and O–H groups in total. The van der Waals surface area contributed by atoms with Gasteiger partial charge in [0.05, 0.1) is 29.5 Å². The van der Waals surface area contributed by atoms with Crippen LogP contribution < -0.4 is 10.6 Å². The monoisotopic (exact) mass is 366 g/mol. The molecule has 27 heavy (non-hydrogen) atoms. The van der Waals surface area contributed by atoms with E-state index < -0.39 is 0 Å². The van der Waals surface area contributed by atoms with Gasteiger partial charge in [-0.3, -0.25) is 19.0 Å². The average molecular weight is 366 g/mol. The van der Waals surface area contributed by atoms with E-state index in [0.717, 1.165) is 16.8 Å². The first-order chi connectivity index (χ1) is 12.8. The number of carbonyl (C=O) groups excluding carboxylic acids is 2. The van der Waals surface area contributed by atoms with Crippen LogP contribution in [0.2, 0.25) is 0 Å². The Kier molecular flexibility index (Phi) is 4.81. The van der Waals surface area contributed by atoms with Crippen molar-refractivity contribution >= 4 is 23.2 Å². The first kappa shape index (κ1) is 18.4. The molecular formula is C19H22N6O2. The van der Waals surface area contributed by atoms with Gasteiger partial charge in [0, 0.05) is 19.7 Å². The fourth-order valence-corrected chi connectivity index (χ4v) is 2.68. The number of amides is 2. The van der Waals surface area contributed by atoms with Crippen molar-refractivity contribution in [3.05, 3.63) is 58.7 Å². The van der Waals surface area contributed by atoms with Crippen LogP contribution in [0.4, 0.5) is 11.4 Å². The summed E-state index contributed by atoms with van der Waals surface area (Å²) in [6.45, 7) is 5.79. The molecule has 3 aromatic rings. The quantitative estimate of drug-likeness (QED) is 0.742. The van der Waals surface area contributed by atoms with Gasteiger partial charge in [0.1, 0.15) is 5.69 Å². The SMILES string of the molecule is Cc1ccc(C(=O)Nc2cnn(C)c2C(=O)Nc2cnn(C)c2C)cc1C. The lowest BCUT2D eigenvalue weighted by Crippen LogP contribution is -2.20. The van der Waals surface area contributed by atoms with Crippen LogP contribution in [0.1, 0.15) is 37.7 Å². The molecule has 3 rings (SSSR count). The summed E-state index contributed by atoms with van der Waals surface area (Å²) in [6, 6.07) is 5.47. The molecule has 0 unspecified atom stereocenters. The highest BCUT2D eigenvalue weighted by atomic mass is 16.2. The van der Waals surface area contributed by atoms with Crippen LogP contribution in [0.25, 0.3) is 0 Å². The number of carbonyl (C=O) groups is 2. The van der Waals surface area contributed by atoms with Crippen molar-refractivity contribution in [2.75, 3.05) is 10.6 Å². The second kappa shape index (κ2) is 7.06. The predicted octanol–water partition coefficient (Wildman–Crippen LogP) is 2.58. The Bertz CT molecular complexity index is 1030. The molecule has 8 heteroatoms. The van der Waals surface area contributed by atoms with E-state index in [1.165, 1.54) is 10.9 Å². The van der Waals surface area contributed by atoms with Gasteiger partial charge in [0.2, 0.25) is 0 Å². The molecule has 0 atom stereocenters. The van der Waals surface area contributed by atoms with Crippen LogP contribution in [-0.2, 0) is 14.1 Å². The maximum absolute atomic E-state index is 12.7. The Morgan fingerprint density at radius 2 is 1.48 bits per heavy atom. The summed E-state index contributed by atoms with van der Waals surface area (Å²) < 4.78 is 3.10. The van der Waals surface area contributed by atoms with Crippen molar-refractivity contribution in [1.29, 1.82) is 0 Å². The topological polar surface area (TPSA) is 93.8 Å². The molecule has 0 aliphatic heterocycles. The standard InChI is InChI=1S/C19H22N6O2/c1-11-6-7-14(8-12(11)2)18(26)23-16-10-21-25(5)17(16)19(27)22-15-9-20-24(4)13(15)3/h6-10H,1-5H3,(H,22,27)(H,23,26). The highest BCUT2D eigenvalue weighted by molar-refractivity contribution is 6.11. The van der Waals surface area contributed by atoms with Crippen LogP contribution in [0.5, 0.6) is 0 Å². The van der Waals surface area contributed by atoms with Gasteiger partial charge in [0.25, 0.3) is 11.8 Å². The van der Waals surface area contributed by atoms with Crippen molar-refractivity contribution in [2.24, 2.45) is 14.1 Å². The zero-order chi connectivity index (χ0) is 19.7. The molecule has 2 amide bonds. The van der Waals surface area contributed by atoms with E-state index in [0.29, 0.717) is 16.9 Å². The van der Waals surface area contributed by atoms with E-state index in [4.69, 9.17) is 0 Å². The Morgan fingerprint density at radius 1 is 0.852 bits per heavy atom. The van der Waals surface area contributed by atoms with Gasteiger partial charge in [-0.05, 0) is 44.0 Å². The first-order valence-corrected chi connectivity index (χ1v) is 8.48. The molecule has 8 nitrogen and oxygen atoms in total. The number of hydrogen-bond acceptors (Lipinski definition) is 4. The van der Waals surface area contributed by atoms with Crippen LogP contribution in [-0.4, -0.2) is 31.4 Å². The number of nitrogens with zero attached hydrogens (tertiary/aromatic N) is 4. The van der Waals surface area contributed by atoms with Crippen molar-refractivity contribution in [2.45, 2.75) is 20.8 Å². The summed E-state index contributed by atoms with van der Waals surface area (Å²) in [5, 5.41) is 13.8. The van der Waals surface area contributed by atoms with Gasteiger partial charge in [-0.1, -0.05) is 6.07 Å². The molecule has 140 valence electrons. The van der Waals surface area contributed by atoms with Gasteiger partial charge in [-0.2, -0.15) is 10.2 Å². The zero-order valence-corrected chi connectivity index (χ0v) is 16.0.